The van der Waals surface area contributed by atoms with Gasteiger partial charge in [-0.25, -0.2) is 0 Å². The number of nitrogens with two attached hydrogens (primary N) is 1. The average molecular weight is 235 g/mol. The van der Waals surface area contributed by atoms with Crippen LogP contribution < -0.4 is 15.4 Å². The number of nitrogens with zero attached hydrogens (tertiary/aromatic N) is 2. The molecule has 94 valence electrons. The van der Waals surface area contributed by atoms with E-state index in [2.05, 4.69) is 23.7 Å². The first-order valence-corrected chi connectivity index (χ1v) is 6.38. The summed E-state index contributed by atoms with van der Waals surface area (Å²) in [5.41, 5.74) is 6.50. The summed E-state index contributed by atoms with van der Waals surface area (Å²) in [7, 11) is 0. The van der Waals surface area contributed by atoms with Crippen molar-refractivity contribution in [3.8, 4) is 5.88 Å². The lowest BCUT2D eigenvalue weighted by Gasteiger charge is -2.20. The van der Waals surface area contributed by atoms with Crippen LogP contribution in [-0.2, 0) is 0 Å². The van der Waals surface area contributed by atoms with Crippen LogP contribution in [0.25, 0.3) is 0 Å². The maximum atomic E-state index is 5.87. The van der Waals surface area contributed by atoms with E-state index in [-0.39, 0.29) is 0 Å². The van der Waals surface area contributed by atoms with E-state index in [1.54, 1.807) is 0 Å². The first-order chi connectivity index (χ1) is 8.24. The van der Waals surface area contributed by atoms with Crippen molar-refractivity contribution in [1.82, 2.24) is 4.98 Å². The van der Waals surface area contributed by atoms with Gasteiger partial charge in [0.2, 0.25) is 5.88 Å². The molecule has 1 aliphatic rings. The van der Waals surface area contributed by atoms with E-state index in [0.29, 0.717) is 17.5 Å². The quantitative estimate of drug-likeness (QED) is 0.822. The number of hydrogen-bond acceptors (Lipinski definition) is 4. The van der Waals surface area contributed by atoms with Crippen molar-refractivity contribution >= 4 is 11.5 Å². The third-order valence-corrected chi connectivity index (χ3v) is 3.12. The van der Waals surface area contributed by atoms with E-state index in [0.717, 1.165) is 25.5 Å². The lowest BCUT2D eigenvalue weighted by atomic mass is 10.3. The molecule has 1 aromatic rings. The molecule has 4 heteroatoms. The average Bonchev–Trinajstić information content (AvgIpc) is 3.15. The van der Waals surface area contributed by atoms with Gasteiger partial charge in [-0.2, -0.15) is 4.98 Å². The maximum absolute atomic E-state index is 5.87. The van der Waals surface area contributed by atoms with Gasteiger partial charge < -0.3 is 15.4 Å². The highest BCUT2D eigenvalue weighted by Gasteiger charge is 2.22. The topological polar surface area (TPSA) is 51.4 Å². The smallest absolute Gasteiger partial charge is 0.239 e. The molecule has 1 heterocycles. The van der Waals surface area contributed by atoms with Crippen LogP contribution in [0, 0.1) is 5.92 Å². The lowest BCUT2D eigenvalue weighted by molar-refractivity contribution is 0.290. The van der Waals surface area contributed by atoms with Gasteiger partial charge in [-0.1, -0.05) is 0 Å². The summed E-state index contributed by atoms with van der Waals surface area (Å²) in [4.78, 5) is 6.68. The summed E-state index contributed by atoms with van der Waals surface area (Å²) in [6.45, 7) is 6.86. The van der Waals surface area contributed by atoms with Gasteiger partial charge in [0.15, 0.2) is 0 Å². The van der Waals surface area contributed by atoms with Crippen LogP contribution in [0.3, 0.4) is 0 Å². The molecule has 1 aromatic heterocycles. The zero-order valence-electron chi connectivity index (χ0n) is 10.6. The monoisotopic (exact) mass is 235 g/mol. The van der Waals surface area contributed by atoms with Crippen molar-refractivity contribution in [2.45, 2.75) is 26.7 Å². The molecule has 1 saturated carbocycles. The maximum Gasteiger partial charge on any atom is 0.239 e. The van der Waals surface area contributed by atoms with Crippen LogP contribution in [0.1, 0.15) is 26.7 Å². The van der Waals surface area contributed by atoms with Gasteiger partial charge in [-0.15, -0.1) is 0 Å². The summed E-state index contributed by atoms with van der Waals surface area (Å²) >= 11 is 0. The summed E-state index contributed by atoms with van der Waals surface area (Å²) in [5, 5.41) is 0. The zero-order chi connectivity index (χ0) is 12.3. The van der Waals surface area contributed by atoms with Crippen molar-refractivity contribution < 1.29 is 4.74 Å². The summed E-state index contributed by atoms with van der Waals surface area (Å²) in [6, 6.07) is 3.83. The molecule has 0 amide bonds. The van der Waals surface area contributed by atoms with Gasteiger partial charge in [-0.05, 0) is 44.7 Å². The Kier molecular flexibility index (Phi) is 3.71. The third-order valence-electron chi connectivity index (χ3n) is 3.12. The predicted molar refractivity (Wildman–Crippen MR) is 70.4 cm³/mol. The molecule has 1 aliphatic carbocycles. The summed E-state index contributed by atoms with van der Waals surface area (Å²) in [5.74, 6) is 2.24. The number of aromatic nitrogens is 1. The van der Waals surface area contributed by atoms with Crippen molar-refractivity contribution in [2.75, 3.05) is 30.3 Å². The highest BCUT2D eigenvalue weighted by atomic mass is 16.5. The second-order valence-corrected chi connectivity index (χ2v) is 4.49. The van der Waals surface area contributed by atoms with Crippen LogP contribution in [-0.4, -0.2) is 24.7 Å². The number of hydrogen-bond donors (Lipinski definition) is 1. The molecular formula is C13H21N3O. The lowest BCUT2D eigenvalue weighted by Crippen LogP contribution is -2.23. The van der Waals surface area contributed by atoms with E-state index < -0.39 is 0 Å². The standard InChI is InChI=1S/C13H21N3O/c1-3-16(4-2)12-8-7-11(14)13(15-12)17-9-10-5-6-10/h7-8,10H,3-6,9,14H2,1-2H3. The van der Waals surface area contributed by atoms with Crippen LogP contribution in [0.5, 0.6) is 5.88 Å². The highest BCUT2D eigenvalue weighted by Crippen LogP contribution is 2.31. The number of pyridine rings is 1. The number of rotatable bonds is 6. The Hall–Kier alpha value is -1.45. The minimum atomic E-state index is 0.585. The molecule has 2 rings (SSSR count). The van der Waals surface area contributed by atoms with Crippen molar-refractivity contribution in [3.63, 3.8) is 0 Å². The normalized spacial score (nSPS) is 14.7. The van der Waals surface area contributed by atoms with Gasteiger partial charge in [-0.3, -0.25) is 0 Å². The molecule has 0 radical (unpaired) electrons. The molecule has 0 aromatic carbocycles. The molecule has 4 nitrogen and oxygen atoms in total. The van der Waals surface area contributed by atoms with Gasteiger partial charge in [0.1, 0.15) is 5.82 Å². The second kappa shape index (κ2) is 5.25. The molecule has 0 aliphatic heterocycles. The Morgan fingerprint density at radius 2 is 2.06 bits per heavy atom. The molecule has 0 unspecified atom stereocenters. The Morgan fingerprint density at radius 1 is 1.35 bits per heavy atom. The van der Waals surface area contributed by atoms with E-state index in [9.17, 15) is 0 Å². The molecule has 0 bridgehead atoms. The van der Waals surface area contributed by atoms with E-state index in [1.807, 2.05) is 12.1 Å². The fourth-order valence-electron chi connectivity index (χ4n) is 1.76. The molecule has 1 fully saturated rings. The Morgan fingerprint density at radius 3 is 2.65 bits per heavy atom. The third kappa shape index (κ3) is 3.02. The van der Waals surface area contributed by atoms with Gasteiger partial charge in [0, 0.05) is 13.1 Å². The van der Waals surface area contributed by atoms with Gasteiger partial charge in [0.05, 0.1) is 12.3 Å². The fourth-order valence-corrected chi connectivity index (χ4v) is 1.76. The molecule has 17 heavy (non-hydrogen) atoms. The van der Waals surface area contributed by atoms with Crippen LogP contribution >= 0.6 is 0 Å². The van der Waals surface area contributed by atoms with Gasteiger partial charge >= 0.3 is 0 Å². The summed E-state index contributed by atoms with van der Waals surface area (Å²) in [6.07, 6.45) is 2.55. The van der Waals surface area contributed by atoms with E-state index in [4.69, 9.17) is 10.5 Å². The van der Waals surface area contributed by atoms with Crippen LogP contribution in [0.2, 0.25) is 0 Å². The SMILES string of the molecule is CCN(CC)c1ccc(N)c(OCC2CC2)n1. The Bertz CT molecular complexity index is 373. The minimum absolute atomic E-state index is 0.585. The van der Waals surface area contributed by atoms with E-state index >= 15 is 0 Å². The Balaban J connectivity index is 2.09. The Labute approximate surface area is 103 Å². The minimum Gasteiger partial charge on any atom is -0.476 e. The molecule has 0 atom stereocenters. The number of ether oxygens (including phenoxy) is 1. The number of nitrogen functional groups attached to an aromatic ring is 1. The summed E-state index contributed by atoms with van der Waals surface area (Å²) < 4.78 is 5.68. The first-order valence-electron chi connectivity index (χ1n) is 6.38. The fraction of sp³-hybridized carbons (Fsp3) is 0.615. The predicted octanol–water partition coefficient (Wildman–Crippen LogP) is 2.30. The molecule has 0 saturated heterocycles. The molecule has 0 spiro atoms. The van der Waals surface area contributed by atoms with Crippen molar-refractivity contribution in [3.05, 3.63) is 12.1 Å². The van der Waals surface area contributed by atoms with Crippen molar-refractivity contribution in [2.24, 2.45) is 5.92 Å². The van der Waals surface area contributed by atoms with Crippen LogP contribution in [0.15, 0.2) is 12.1 Å². The molecular weight excluding hydrogens is 214 g/mol. The highest BCUT2D eigenvalue weighted by molar-refractivity contribution is 5.54. The first kappa shape index (κ1) is 12.0. The largest absolute Gasteiger partial charge is 0.476 e. The van der Waals surface area contributed by atoms with E-state index in [1.165, 1.54) is 12.8 Å². The molecule has 2 N–H and O–H groups in total. The van der Waals surface area contributed by atoms with Crippen molar-refractivity contribution in [1.29, 1.82) is 0 Å². The van der Waals surface area contributed by atoms with Gasteiger partial charge in [0.25, 0.3) is 0 Å². The number of anilines is 2. The second-order valence-electron chi connectivity index (χ2n) is 4.49. The van der Waals surface area contributed by atoms with Crippen LogP contribution in [0.4, 0.5) is 11.5 Å². The zero-order valence-corrected chi connectivity index (χ0v) is 10.6.